The average Bonchev–Trinajstić information content (AvgIpc) is 2.91. The lowest BCUT2D eigenvalue weighted by Gasteiger charge is -2.10. The van der Waals surface area contributed by atoms with Crippen molar-refractivity contribution < 1.29 is 4.74 Å². The van der Waals surface area contributed by atoms with E-state index < -0.39 is 0 Å². The summed E-state index contributed by atoms with van der Waals surface area (Å²) in [6.07, 6.45) is 0.961. The number of nitrogens with zero attached hydrogens (tertiary/aromatic N) is 4. The topological polar surface area (TPSA) is 52.8 Å². The van der Waals surface area contributed by atoms with Gasteiger partial charge in [0.1, 0.15) is 5.75 Å². The Kier molecular flexibility index (Phi) is 5.61. The van der Waals surface area contributed by atoms with E-state index in [9.17, 15) is 0 Å². The SMILES string of the molecule is Cc1ccc(C)c(OCCCSc2nnnn2C(C)C)c1. The highest BCUT2D eigenvalue weighted by molar-refractivity contribution is 7.99. The zero-order valence-electron chi connectivity index (χ0n) is 13.0. The molecule has 0 spiro atoms. The van der Waals surface area contributed by atoms with Gasteiger partial charge in [0.2, 0.25) is 5.16 Å². The highest BCUT2D eigenvalue weighted by Gasteiger charge is 2.09. The van der Waals surface area contributed by atoms with Gasteiger partial charge in [-0.1, -0.05) is 23.9 Å². The maximum atomic E-state index is 5.84. The van der Waals surface area contributed by atoms with Crippen molar-refractivity contribution in [3.63, 3.8) is 0 Å². The Morgan fingerprint density at radius 1 is 1.29 bits per heavy atom. The Bertz CT molecular complexity index is 583. The summed E-state index contributed by atoms with van der Waals surface area (Å²) in [5, 5.41) is 12.6. The molecule has 1 aromatic heterocycles. The Hall–Kier alpha value is -1.56. The minimum absolute atomic E-state index is 0.286. The van der Waals surface area contributed by atoms with E-state index in [1.54, 1.807) is 11.8 Å². The minimum atomic E-state index is 0.286. The summed E-state index contributed by atoms with van der Waals surface area (Å²) >= 11 is 1.67. The molecule has 0 atom stereocenters. The first-order valence-electron chi connectivity index (χ1n) is 7.18. The van der Waals surface area contributed by atoms with Crippen molar-refractivity contribution in [1.82, 2.24) is 20.2 Å². The van der Waals surface area contributed by atoms with Gasteiger partial charge in [0, 0.05) is 5.75 Å². The van der Waals surface area contributed by atoms with Gasteiger partial charge in [-0.05, 0) is 61.7 Å². The number of hydrogen-bond acceptors (Lipinski definition) is 5. The summed E-state index contributed by atoms with van der Waals surface area (Å²) in [7, 11) is 0. The third-order valence-corrected chi connectivity index (χ3v) is 4.09. The van der Waals surface area contributed by atoms with E-state index in [0.717, 1.165) is 23.1 Å². The predicted octanol–water partition coefficient (Wildman–Crippen LogP) is 3.43. The smallest absolute Gasteiger partial charge is 0.209 e. The van der Waals surface area contributed by atoms with Crippen LogP contribution >= 0.6 is 11.8 Å². The fraction of sp³-hybridized carbons (Fsp3) is 0.533. The van der Waals surface area contributed by atoms with Crippen LogP contribution < -0.4 is 4.74 Å². The van der Waals surface area contributed by atoms with E-state index in [4.69, 9.17) is 4.74 Å². The van der Waals surface area contributed by atoms with Crippen molar-refractivity contribution in [2.45, 2.75) is 45.3 Å². The Morgan fingerprint density at radius 3 is 2.86 bits per heavy atom. The van der Waals surface area contributed by atoms with Crippen LogP contribution in [0.2, 0.25) is 0 Å². The summed E-state index contributed by atoms with van der Waals surface area (Å²) < 4.78 is 7.69. The molecule has 0 aliphatic carbocycles. The second-order valence-electron chi connectivity index (χ2n) is 5.32. The zero-order chi connectivity index (χ0) is 15.2. The maximum absolute atomic E-state index is 5.84. The van der Waals surface area contributed by atoms with Gasteiger partial charge in [-0.25, -0.2) is 4.68 Å². The molecule has 0 amide bonds. The number of ether oxygens (including phenoxy) is 1. The molecule has 1 heterocycles. The molecule has 2 aromatic rings. The number of benzene rings is 1. The average molecular weight is 306 g/mol. The predicted molar refractivity (Wildman–Crippen MR) is 85.0 cm³/mol. The second-order valence-corrected chi connectivity index (χ2v) is 6.38. The Balaban J connectivity index is 1.75. The second kappa shape index (κ2) is 7.45. The molecular weight excluding hydrogens is 284 g/mol. The highest BCUT2D eigenvalue weighted by Crippen LogP contribution is 2.21. The summed E-state index contributed by atoms with van der Waals surface area (Å²) in [5.74, 6) is 1.92. The molecule has 0 unspecified atom stereocenters. The lowest BCUT2D eigenvalue weighted by atomic mass is 10.1. The van der Waals surface area contributed by atoms with E-state index in [0.29, 0.717) is 6.61 Å². The molecule has 1 aromatic carbocycles. The lowest BCUT2D eigenvalue weighted by molar-refractivity contribution is 0.316. The molecule has 6 heteroatoms. The van der Waals surface area contributed by atoms with Crippen molar-refractivity contribution in [3.05, 3.63) is 29.3 Å². The van der Waals surface area contributed by atoms with Crippen molar-refractivity contribution in [2.75, 3.05) is 12.4 Å². The molecule has 0 aliphatic rings. The molecule has 0 fully saturated rings. The molecule has 2 rings (SSSR count). The van der Waals surface area contributed by atoms with Crippen molar-refractivity contribution >= 4 is 11.8 Å². The Labute approximate surface area is 130 Å². The first kappa shape index (κ1) is 15.8. The number of thioether (sulfide) groups is 1. The van der Waals surface area contributed by atoms with Crippen LogP contribution in [0.4, 0.5) is 0 Å². The quantitative estimate of drug-likeness (QED) is 0.579. The highest BCUT2D eigenvalue weighted by atomic mass is 32.2. The molecule has 0 N–H and O–H groups in total. The monoisotopic (exact) mass is 306 g/mol. The lowest BCUT2D eigenvalue weighted by Crippen LogP contribution is -2.05. The molecule has 0 saturated carbocycles. The third kappa shape index (κ3) is 4.46. The fourth-order valence-electron chi connectivity index (χ4n) is 1.87. The maximum Gasteiger partial charge on any atom is 0.209 e. The molecule has 114 valence electrons. The van der Waals surface area contributed by atoms with Gasteiger partial charge >= 0.3 is 0 Å². The first-order valence-corrected chi connectivity index (χ1v) is 8.17. The molecule has 0 saturated heterocycles. The normalized spacial score (nSPS) is 11.1. The van der Waals surface area contributed by atoms with E-state index in [-0.39, 0.29) is 6.04 Å². The van der Waals surface area contributed by atoms with Gasteiger partial charge in [0.15, 0.2) is 0 Å². The van der Waals surface area contributed by atoms with Crippen LogP contribution in [0.5, 0.6) is 5.75 Å². The van der Waals surface area contributed by atoms with Crippen LogP contribution in [0.15, 0.2) is 23.4 Å². The molecular formula is C15H22N4OS. The van der Waals surface area contributed by atoms with Gasteiger partial charge in [0.05, 0.1) is 12.6 Å². The van der Waals surface area contributed by atoms with Gasteiger partial charge < -0.3 is 4.74 Å². The number of aromatic nitrogens is 4. The standard InChI is InChI=1S/C15H22N4OS/c1-11(2)19-15(16-17-18-19)21-9-5-8-20-14-10-12(3)6-7-13(14)4/h6-7,10-11H,5,8-9H2,1-4H3. The van der Waals surface area contributed by atoms with Crippen molar-refractivity contribution in [2.24, 2.45) is 0 Å². The largest absolute Gasteiger partial charge is 0.493 e. The van der Waals surface area contributed by atoms with E-state index in [1.165, 1.54) is 11.1 Å². The number of aryl methyl sites for hydroxylation is 2. The van der Waals surface area contributed by atoms with Crippen LogP contribution in [0.25, 0.3) is 0 Å². The zero-order valence-corrected chi connectivity index (χ0v) is 13.9. The van der Waals surface area contributed by atoms with Crippen LogP contribution in [0, 0.1) is 13.8 Å². The molecule has 21 heavy (non-hydrogen) atoms. The Morgan fingerprint density at radius 2 is 2.10 bits per heavy atom. The van der Waals surface area contributed by atoms with E-state index in [2.05, 4.69) is 61.4 Å². The fourth-order valence-corrected chi connectivity index (χ4v) is 2.79. The van der Waals surface area contributed by atoms with Crippen LogP contribution in [0.1, 0.15) is 37.4 Å². The van der Waals surface area contributed by atoms with Gasteiger partial charge in [0.25, 0.3) is 0 Å². The number of hydrogen-bond donors (Lipinski definition) is 0. The summed E-state index contributed by atoms with van der Waals surface area (Å²) in [6.45, 7) is 9.00. The third-order valence-electron chi connectivity index (χ3n) is 3.07. The van der Waals surface area contributed by atoms with Gasteiger partial charge in [-0.3, -0.25) is 0 Å². The molecule has 0 radical (unpaired) electrons. The summed E-state index contributed by atoms with van der Waals surface area (Å²) in [5.41, 5.74) is 2.40. The first-order chi connectivity index (χ1) is 10.1. The van der Waals surface area contributed by atoms with Crippen molar-refractivity contribution in [3.8, 4) is 5.75 Å². The van der Waals surface area contributed by atoms with Crippen LogP contribution in [-0.2, 0) is 0 Å². The molecule has 0 bridgehead atoms. The molecule has 0 aliphatic heterocycles. The van der Waals surface area contributed by atoms with Gasteiger partial charge in [-0.15, -0.1) is 5.10 Å². The van der Waals surface area contributed by atoms with Crippen LogP contribution in [-0.4, -0.2) is 32.6 Å². The van der Waals surface area contributed by atoms with Crippen LogP contribution in [0.3, 0.4) is 0 Å². The summed E-state index contributed by atoms with van der Waals surface area (Å²) in [4.78, 5) is 0. The number of tetrazole rings is 1. The van der Waals surface area contributed by atoms with E-state index in [1.807, 2.05) is 4.68 Å². The van der Waals surface area contributed by atoms with E-state index >= 15 is 0 Å². The number of rotatable bonds is 7. The molecule has 5 nitrogen and oxygen atoms in total. The summed E-state index contributed by atoms with van der Waals surface area (Å²) in [6, 6.07) is 6.57. The van der Waals surface area contributed by atoms with Gasteiger partial charge in [-0.2, -0.15) is 0 Å². The van der Waals surface area contributed by atoms with Crippen molar-refractivity contribution in [1.29, 1.82) is 0 Å². The minimum Gasteiger partial charge on any atom is -0.493 e.